The van der Waals surface area contributed by atoms with Crippen LogP contribution in [-0.2, 0) is 11.2 Å². The molecule has 0 spiro atoms. The number of hydrogen-bond donors (Lipinski definition) is 1. The summed E-state index contributed by atoms with van der Waals surface area (Å²) in [4.78, 5) is 25.6. The lowest BCUT2D eigenvalue weighted by Gasteiger charge is -2.26. The minimum Gasteiger partial charge on any atom is -0.353 e. The molecule has 1 aliphatic heterocycles. The molecule has 2 aromatic rings. The highest BCUT2D eigenvalue weighted by Crippen LogP contribution is 2.18. The molecular formula is C16H17FN4O2. The molecule has 1 saturated heterocycles. The molecule has 1 aromatic carbocycles. The highest BCUT2D eigenvalue weighted by molar-refractivity contribution is 5.97. The number of nitrogens with one attached hydrogen (secondary N) is 1. The first kappa shape index (κ1) is 15.2. The van der Waals surface area contributed by atoms with Crippen molar-refractivity contribution in [3.05, 3.63) is 47.5 Å². The van der Waals surface area contributed by atoms with Gasteiger partial charge < -0.3 is 10.2 Å². The second kappa shape index (κ2) is 6.20. The van der Waals surface area contributed by atoms with E-state index in [-0.39, 0.29) is 24.2 Å². The summed E-state index contributed by atoms with van der Waals surface area (Å²) < 4.78 is 14.7. The molecule has 2 amide bonds. The van der Waals surface area contributed by atoms with E-state index >= 15 is 0 Å². The van der Waals surface area contributed by atoms with Crippen LogP contribution in [0.4, 0.5) is 4.39 Å². The Hall–Kier alpha value is -2.70. The largest absolute Gasteiger partial charge is 0.353 e. The van der Waals surface area contributed by atoms with Crippen LogP contribution in [0.15, 0.2) is 30.5 Å². The van der Waals surface area contributed by atoms with Crippen LogP contribution in [0.3, 0.4) is 0 Å². The number of carbonyl (C=O) groups excluding carboxylic acids is 2. The Bertz CT molecular complexity index is 739. The SMILES string of the molecule is CCc1c(C(=O)N2CCNC(=O)C2)cnn1-c1ccc(F)cc1. The van der Waals surface area contributed by atoms with Gasteiger partial charge in [-0.1, -0.05) is 6.92 Å². The van der Waals surface area contributed by atoms with Crippen molar-refractivity contribution in [2.45, 2.75) is 13.3 Å². The van der Waals surface area contributed by atoms with Crippen LogP contribution in [0, 0.1) is 5.82 Å². The van der Waals surface area contributed by atoms with Gasteiger partial charge in [0.2, 0.25) is 5.91 Å². The molecule has 1 fully saturated rings. The van der Waals surface area contributed by atoms with Crippen LogP contribution in [0.5, 0.6) is 0 Å². The highest BCUT2D eigenvalue weighted by atomic mass is 19.1. The van der Waals surface area contributed by atoms with Crippen molar-refractivity contribution in [1.29, 1.82) is 0 Å². The van der Waals surface area contributed by atoms with Gasteiger partial charge in [0.25, 0.3) is 5.91 Å². The van der Waals surface area contributed by atoms with E-state index < -0.39 is 0 Å². The minimum atomic E-state index is -0.324. The monoisotopic (exact) mass is 316 g/mol. The van der Waals surface area contributed by atoms with Crippen LogP contribution >= 0.6 is 0 Å². The Morgan fingerprint density at radius 1 is 1.35 bits per heavy atom. The maximum Gasteiger partial charge on any atom is 0.257 e. The van der Waals surface area contributed by atoms with Gasteiger partial charge in [-0.15, -0.1) is 0 Å². The van der Waals surface area contributed by atoms with Gasteiger partial charge in [-0.2, -0.15) is 5.10 Å². The predicted molar refractivity (Wildman–Crippen MR) is 81.8 cm³/mol. The predicted octanol–water partition coefficient (Wildman–Crippen LogP) is 1.15. The molecule has 2 heterocycles. The molecule has 0 aliphatic carbocycles. The number of hydrogen-bond acceptors (Lipinski definition) is 3. The average molecular weight is 316 g/mol. The number of nitrogens with zero attached hydrogens (tertiary/aromatic N) is 3. The van der Waals surface area contributed by atoms with E-state index in [9.17, 15) is 14.0 Å². The topological polar surface area (TPSA) is 67.2 Å². The number of rotatable bonds is 3. The maximum atomic E-state index is 13.1. The molecule has 3 rings (SSSR count). The number of piperazine rings is 1. The number of amides is 2. The zero-order chi connectivity index (χ0) is 16.4. The standard InChI is InChI=1S/C16H17FN4O2/c1-2-14-13(16(23)20-8-7-18-15(22)10-20)9-19-21(14)12-5-3-11(17)4-6-12/h3-6,9H,2,7-8,10H2,1H3,(H,18,22). The molecule has 6 nitrogen and oxygen atoms in total. The molecule has 1 N–H and O–H groups in total. The quantitative estimate of drug-likeness (QED) is 0.923. The van der Waals surface area contributed by atoms with Gasteiger partial charge in [0, 0.05) is 13.1 Å². The molecule has 0 saturated carbocycles. The second-order valence-corrected chi connectivity index (χ2v) is 5.32. The third kappa shape index (κ3) is 2.94. The van der Waals surface area contributed by atoms with Crippen molar-refractivity contribution in [2.75, 3.05) is 19.6 Å². The molecule has 1 aliphatic rings. The first-order valence-corrected chi connectivity index (χ1v) is 7.49. The fraction of sp³-hybridized carbons (Fsp3) is 0.312. The van der Waals surface area contributed by atoms with Gasteiger partial charge in [0.05, 0.1) is 29.7 Å². The lowest BCUT2D eigenvalue weighted by Crippen LogP contribution is -2.50. The zero-order valence-electron chi connectivity index (χ0n) is 12.8. The van der Waals surface area contributed by atoms with Crippen LogP contribution < -0.4 is 5.32 Å². The Kier molecular flexibility index (Phi) is 4.10. The molecule has 0 bridgehead atoms. The third-order valence-corrected chi connectivity index (χ3v) is 3.83. The van der Waals surface area contributed by atoms with Crippen molar-refractivity contribution < 1.29 is 14.0 Å². The Morgan fingerprint density at radius 2 is 2.09 bits per heavy atom. The first-order valence-electron chi connectivity index (χ1n) is 7.49. The maximum absolute atomic E-state index is 13.1. The van der Waals surface area contributed by atoms with E-state index in [1.807, 2.05) is 6.92 Å². The van der Waals surface area contributed by atoms with Crippen LogP contribution in [0.25, 0.3) is 5.69 Å². The van der Waals surface area contributed by atoms with Gasteiger partial charge in [0.15, 0.2) is 0 Å². The van der Waals surface area contributed by atoms with E-state index in [0.29, 0.717) is 30.8 Å². The molecule has 1 aromatic heterocycles. The van der Waals surface area contributed by atoms with Gasteiger partial charge >= 0.3 is 0 Å². The summed E-state index contributed by atoms with van der Waals surface area (Å²) >= 11 is 0. The van der Waals surface area contributed by atoms with Crippen molar-refractivity contribution in [1.82, 2.24) is 20.0 Å². The molecular weight excluding hydrogens is 299 g/mol. The average Bonchev–Trinajstić information content (AvgIpc) is 2.98. The smallest absolute Gasteiger partial charge is 0.257 e. The van der Waals surface area contributed by atoms with Crippen molar-refractivity contribution in [3.8, 4) is 5.69 Å². The fourth-order valence-corrected chi connectivity index (χ4v) is 2.68. The molecule has 120 valence electrons. The number of halogens is 1. The van der Waals surface area contributed by atoms with Gasteiger partial charge in [-0.3, -0.25) is 9.59 Å². The normalized spacial score (nSPS) is 14.7. The summed E-state index contributed by atoms with van der Waals surface area (Å²) in [6.45, 7) is 2.92. The molecule has 0 unspecified atom stereocenters. The van der Waals surface area contributed by atoms with E-state index in [4.69, 9.17) is 0 Å². The Morgan fingerprint density at radius 3 is 2.74 bits per heavy atom. The highest BCUT2D eigenvalue weighted by Gasteiger charge is 2.26. The lowest BCUT2D eigenvalue weighted by molar-refractivity contribution is -0.123. The molecule has 0 radical (unpaired) electrons. The number of carbonyl (C=O) groups is 2. The Balaban J connectivity index is 1.93. The van der Waals surface area contributed by atoms with Crippen molar-refractivity contribution >= 4 is 11.8 Å². The fourth-order valence-electron chi connectivity index (χ4n) is 2.68. The van der Waals surface area contributed by atoms with Crippen LogP contribution in [0.1, 0.15) is 23.0 Å². The first-order chi connectivity index (χ1) is 11.1. The summed E-state index contributed by atoms with van der Waals surface area (Å²) in [5.41, 5.74) is 1.91. The van der Waals surface area contributed by atoms with E-state index in [1.54, 1.807) is 16.8 Å². The minimum absolute atomic E-state index is 0.0592. The van der Waals surface area contributed by atoms with E-state index in [2.05, 4.69) is 10.4 Å². The summed E-state index contributed by atoms with van der Waals surface area (Å²) in [5.74, 6) is -0.687. The molecule has 7 heteroatoms. The lowest BCUT2D eigenvalue weighted by atomic mass is 10.1. The summed E-state index contributed by atoms with van der Waals surface area (Å²) in [6, 6.07) is 5.94. The molecule has 0 atom stereocenters. The number of aromatic nitrogens is 2. The summed E-state index contributed by atoms with van der Waals surface area (Å²) in [6.07, 6.45) is 2.11. The molecule has 23 heavy (non-hydrogen) atoms. The summed E-state index contributed by atoms with van der Waals surface area (Å²) in [7, 11) is 0. The Labute approximate surface area is 132 Å². The van der Waals surface area contributed by atoms with Crippen LogP contribution in [0.2, 0.25) is 0 Å². The summed E-state index contributed by atoms with van der Waals surface area (Å²) in [5, 5.41) is 6.96. The van der Waals surface area contributed by atoms with Gasteiger partial charge in [-0.25, -0.2) is 9.07 Å². The van der Waals surface area contributed by atoms with Crippen molar-refractivity contribution in [2.24, 2.45) is 0 Å². The third-order valence-electron chi connectivity index (χ3n) is 3.83. The van der Waals surface area contributed by atoms with Crippen molar-refractivity contribution in [3.63, 3.8) is 0 Å². The van der Waals surface area contributed by atoms with E-state index in [1.165, 1.54) is 23.2 Å². The van der Waals surface area contributed by atoms with Gasteiger partial charge in [-0.05, 0) is 30.7 Å². The van der Waals surface area contributed by atoms with Crippen LogP contribution in [-0.4, -0.2) is 46.1 Å². The van der Waals surface area contributed by atoms with Gasteiger partial charge in [0.1, 0.15) is 5.82 Å². The zero-order valence-corrected chi connectivity index (χ0v) is 12.8. The number of benzene rings is 1. The van der Waals surface area contributed by atoms with E-state index in [0.717, 1.165) is 5.69 Å². The second-order valence-electron chi connectivity index (χ2n) is 5.32.